The van der Waals surface area contributed by atoms with Crippen molar-refractivity contribution in [2.24, 2.45) is 0 Å². The monoisotopic (exact) mass is 303 g/mol. The minimum absolute atomic E-state index is 0.567. The molecule has 94 valence electrons. The van der Waals surface area contributed by atoms with Crippen molar-refractivity contribution in [3.8, 4) is 0 Å². The molecule has 2 rings (SSSR count). The highest BCUT2D eigenvalue weighted by molar-refractivity contribution is 9.10. The number of halogens is 1. The fourth-order valence-corrected chi connectivity index (χ4v) is 2.31. The summed E-state index contributed by atoms with van der Waals surface area (Å²) in [7, 11) is 0. The largest absolute Gasteiger partial charge is 0.381 e. The lowest BCUT2D eigenvalue weighted by molar-refractivity contribution is 0.866. The molecule has 0 aliphatic heterocycles. The van der Waals surface area contributed by atoms with Crippen LogP contribution in [0.25, 0.3) is 0 Å². The molecule has 0 aliphatic rings. The van der Waals surface area contributed by atoms with Crippen LogP contribution in [-0.2, 0) is 6.54 Å². The van der Waals surface area contributed by atoms with Crippen LogP contribution in [0.4, 0.5) is 5.69 Å². The van der Waals surface area contributed by atoms with E-state index in [1.54, 1.807) is 0 Å². The van der Waals surface area contributed by atoms with E-state index in [0.29, 0.717) is 5.92 Å². The summed E-state index contributed by atoms with van der Waals surface area (Å²) in [6.07, 6.45) is 0. The number of nitrogens with one attached hydrogen (secondary N) is 1. The van der Waals surface area contributed by atoms with Crippen LogP contribution in [0.5, 0.6) is 0 Å². The Hall–Kier alpha value is -1.28. The van der Waals surface area contributed by atoms with E-state index in [2.05, 4.69) is 77.6 Å². The summed E-state index contributed by atoms with van der Waals surface area (Å²) >= 11 is 3.49. The molecule has 1 N–H and O–H groups in total. The molecule has 18 heavy (non-hydrogen) atoms. The second kappa shape index (κ2) is 6.05. The van der Waals surface area contributed by atoms with Crippen LogP contribution in [0.2, 0.25) is 0 Å². The van der Waals surface area contributed by atoms with Gasteiger partial charge in [0.15, 0.2) is 0 Å². The maximum Gasteiger partial charge on any atom is 0.0401 e. The van der Waals surface area contributed by atoms with Gasteiger partial charge in [-0.1, -0.05) is 54.0 Å². The minimum Gasteiger partial charge on any atom is -0.381 e. The van der Waals surface area contributed by atoms with Crippen molar-refractivity contribution in [1.29, 1.82) is 0 Å². The Kier molecular flexibility index (Phi) is 4.43. The third-order valence-electron chi connectivity index (χ3n) is 2.94. The van der Waals surface area contributed by atoms with Gasteiger partial charge in [0.25, 0.3) is 0 Å². The Labute approximate surface area is 117 Å². The molecule has 0 saturated carbocycles. The molecule has 2 aromatic carbocycles. The van der Waals surface area contributed by atoms with Gasteiger partial charge in [-0.3, -0.25) is 0 Å². The zero-order chi connectivity index (χ0) is 13.0. The van der Waals surface area contributed by atoms with Crippen LogP contribution in [0.3, 0.4) is 0 Å². The lowest BCUT2D eigenvalue weighted by atomic mass is 10.0. The van der Waals surface area contributed by atoms with Gasteiger partial charge in [0.1, 0.15) is 0 Å². The summed E-state index contributed by atoms with van der Waals surface area (Å²) in [4.78, 5) is 0. The topological polar surface area (TPSA) is 12.0 Å². The molecule has 2 aromatic rings. The lowest BCUT2D eigenvalue weighted by Gasteiger charge is -2.10. The van der Waals surface area contributed by atoms with Crippen LogP contribution in [0, 0.1) is 0 Å². The van der Waals surface area contributed by atoms with Crippen molar-refractivity contribution in [3.05, 3.63) is 64.1 Å². The third-order valence-corrected chi connectivity index (χ3v) is 3.43. The summed E-state index contributed by atoms with van der Waals surface area (Å²) in [5.74, 6) is 0.567. The van der Waals surface area contributed by atoms with Crippen LogP contribution in [0.15, 0.2) is 53.0 Å². The standard InChI is InChI=1S/C16H18BrN/c1-12(2)14-6-4-8-16(10-14)18-11-13-5-3-7-15(17)9-13/h3-10,12,18H,11H2,1-2H3. The first-order valence-corrected chi connectivity index (χ1v) is 7.03. The Balaban J connectivity index is 2.04. The third kappa shape index (κ3) is 3.61. The van der Waals surface area contributed by atoms with Crippen LogP contribution in [-0.4, -0.2) is 0 Å². The van der Waals surface area contributed by atoms with Gasteiger partial charge in [-0.25, -0.2) is 0 Å². The molecule has 0 aliphatic carbocycles. The highest BCUT2D eigenvalue weighted by atomic mass is 79.9. The first-order valence-electron chi connectivity index (χ1n) is 6.23. The van der Waals surface area contributed by atoms with Crippen molar-refractivity contribution in [2.75, 3.05) is 5.32 Å². The van der Waals surface area contributed by atoms with E-state index in [4.69, 9.17) is 0 Å². The number of rotatable bonds is 4. The van der Waals surface area contributed by atoms with Gasteiger partial charge < -0.3 is 5.32 Å². The predicted molar refractivity (Wildman–Crippen MR) is 82.0 cm³/mol. The highest BCUT2D eigenvalue weighted by Crippen LogP contribution is 2.19. The SMILES string of the molecule is CC(C)c1cccc(NCc2cccc(Br)c2)c1. The number of benzene rings is 2. The Bertz CT molecular complexity index is 520. The van der Waals surface area contributed by atoms with Crippen molar-refractivity contribution in [2.45, 2.75) is 26.3 Å². The molecule has 0 heterocycles. The quantitative estimate of drug-likeness (QED) is 0.820. The van der Waals surface area contributed by atoms with Crippen LogP contribution < -0.4 is 5.32 Å². The average Bonchev–Trinajstić information content (AvgIpc) is 2.37. The van der Waals surface area contributed by atoms with Crippen LogP contribution >= 0.6 is 15.9 Å². The molecule has 0 unspecified atom stereocenters. The van der Waals surface area contributed by atoms with E-state index < -0.39 is 0 Å². The van der Waals surface area contributed by atoms with E-state index in [-0.39, 0.29) is 0 Å². The fraction of sp³-hybridized carbons (Fsp3) is 0.250. The summed E-state index contributed by atoms with van der Waals surface area (Å²) in [6.45, 7) is 5.28. The number of anilines is 1. The van der Waals surface area contributed by atoms with Crippen molar-refractivity contribution < 1.29 is 0 Å². The molecule has 0 bridgehead atoms. The summed E-state index contributed by atoms with van der Waals surface area (Å²) in [5, 5.41) is 3.46. The van der Waals surface area contributed by atoms with Gasteiger partial charge in [0.05, 0.1) is 0 Å². The zero-order valence-corrected chi connectivity index (χ0v) is 12.4. The molecule has 2 heteroatoms. The van der Waals surface area contributed by atoms with Crippen molar-refractivity contribution >= 4 is 21.6 Å². The minimum atomic E-state index is 0.567. The Morgan fingerprint density at radius 3 is 2.56 bits per heavy atom. The van der Waals surface area contributed by atoms with E-state index in [1.165, 1.54) is 16.8 Å². The van der Waals surface area contributed by atoms with E-state index >= 15 is 0 Å². The first-order chi connectivity index (χ1) is 8.65. The summed E-state index contributed by atoms with van der Waals surface area (Å²) in [5.41, 5.74) is 3.83. The first kappa shape index (κ1) is 13.2. The van der Waals surface area contributed by atoms with Crippen molar-refractivity contribution in [3.63, 3.8) is 0 Å². The van der Waals surface area contributed by atoms with E-state index in [9.17, 15) is 0 Å². The lowest BCUT2D eigenvalue weighted by Crippen LogP contribution is -2.00. The van der Waals surface area contributed by atoms with Crippen molar-refractivity contribution in [1.82, 2.24) is 0 Å². The second-order valence-corrected chi connectivity index (χ2v) is 5.68. The molecule has 0 fully saturated rings. The molecule has 0 spiro atoms. The van der Waals surface area contributed by atoms with Gasteiger partial charge in [-0.2, -0.15) is 0 Å². The van der Waals surface area contributed by atoms with Gasteiger partial charge >= 0.3 is 0 Å². The molecular weight excluding hydrogens is 286 g/mol. The van der Waals surface area contributed by atoms with E-state index in [1.807, 2.05) is 6.07 Å². The smallest absolute Gasteiger partial charge is 0.0401 e. The molecule has 0 atom stereocenters. The molecule has 0 radical (unpaired) electrons. The Morgan fingerprint density at radius 2 is 1.83 bits per heavy atom. The maximum absolute atomic E-state index is 3.49. The van der Waals surface area contributed by atoms with Gasteiger partial charge in [0, 0.05) is 16.7 Å². The van der Waals surface area contributed by atoms with Gasteiger partial charge in [-0.15, -0.1) is 0 Å². The molecule has 0 amide bonds. The van der Waals surface area contributed by atoms with Gasteiger partial charge in [-0.05, 0) is 41.3 Å². The molecular formula is C16H18BrN. The second-order valence-electron chi connectivity index (χ2n) is 4.76. The zero-order valence-electron chi connectivity index (χ0n) is 10.8. The molecule has 0 saturated heterocycles. The number of hydrogen-bond acceptors (Lipinski definition) is 1. The summed E-state index contributed by atoms with van der Waals surface area (Å²) < 4.78 is 1.12. The molecule has 0 aromatic heterocycles. The Morgan fingerprint density at radius 1 is 1.06 bits per heavy atom. The maximum atomic E-state index is 3.49. The summed E-state index contributed by atoms with van der Waals surface area (Å²) in [6, 6.07) is 17.0. The highest BCUT2D eigenvalue weighted by Gasteiger charge is 2.00. The predicted octanol–water partition coefficient (Wildman–Crippen LogP) is 5.18. The fourth-order valence-electron chi connectivity index (χ4n) is 1.86. The normalized spacial score (nSPS) is 10.7. The van der Waals surface area contributed by atoms with Crippen LogP contribution in [0.1, 0.15) is 30.9 Å². The average molecular weight is 304 g/mol. The van der Waals surface area contributed by atoms with E-state index in [0.717, 1.165) is 11.0 Å². The number of hydrogen-bond donors (Lipinski definition) is 1. The van der Waals surface area contributed by atoms with Gasteiger partial charge in [0.2, 0.25) is 0 Å². The molecule has 1 nitrogen and oxygen atoms in total.